The molecule has 7 N–H and O–H groups in total. The summed E-state index contributed by atoms with van der Waals surface area (Å²) in [6.45, 7) is 5.80. The van der Waals surface area contributed by atoms with Crippen LogP contribution in [0, 0.1) is 5.92 Å². The molecular weight excluding hydrogens is 437 g/mol. The van der Waals surface area contributed by atoms with Gasteiger partial charge in [0.2, 0.25) is 5.91 Å². The number of carbonyl (C=O) groups is 4. The summed E-state index contributed by atoms with van der Waals surface area (Å²) >= 11 is 3.94. The molecule has 0 heterocycles. The first kappa shape index (κ1) is 28.2. The number of rotatable bonds is 16. The van der Waals surface area contributed by atoms with Gasteiger partial charge in [-0.15, -0.1) is 0 Å². The molecule has 0 radical (unpaired) electrons. The van der Waals surface area contributed by atoms with Gasteiger partial charge in [-0.2, -0.15) is 0 Å². The first-order valence-electron chi connectivity index (χ1n) is 10.1. The van der Waals surface area contributed by atoms with E-state index in [9.17, 15) is 24.3 Å². The van der Waals surface area contributed by atoms with E-state index in [2.05, 4.69) is 36.6 Å². The monoisotopic (exact) mass is 472 g/mol. The van der Waals surface area contributed by atoms with Crippen molar-refractivity contribution in [2.75, 3.05) is 13.1 Å². The number of hydrogen-bond acceptors (Lipinski definition) is 6. The van der Waals surface area contributed by atoms with Crippen molar-refractivity contribution in [2.45, 2.75) is 71.0 Å². The average Bonchev–Trinajstić information content (AvgIpc) is 2.66. The van der Waals surface area contributed by atoms with Gasteiger partial charge in [0, 0.05) is 6.92 Å². The Bertz CT molecular complexity index is 588. The van der Waals surface area contributed by atoms with Gasteiger partial charge in [-0.1, -0.05) is 0 Å². The van der Waals surface area contributed by atoms with E-state index >= 15 is 0 Å². The summed E-state index contributed by atoms with van der Waals surface area (Å²) < 4.78 is 0. The second kappa shape index (κ2) is 15.9. The van der Waals surface area contributed by atoms with Crippen molar-refractivity contribution < 1.29 is 39.6 Å². The van der Waals surface area contributed by atoms with Crippen LogP contribution in [0.5, 0.6) is 0 Å². The molecule has 0 aliphatic rings. The second-order valence-electron chi connectivity index (χ2n) is 7.36. The van der Waals surface area contributed by atoms with Gasteiger partial charge in [0.25, 0.3) is 0 Å². The third-order valence-electron chi connectivity index (χ3n) is 4.38. The van der Waals surface area contributed by atoms with Gasteiger partial charge >= 0.3 is 131 Å². The summed E-state index contributed by atoms with van der Waals surface area (Å²) in [7, 11) is 0. The van der Waals surface area contributed by atoms with Gasteiger partial charge in [0.1, 0.15) is 0 Å². The van der Waals surface area contributed by atoms with E-state index in [1.165, 1.54) is 12.0 Å². The van der Waals surface area contributed by atoms with E-state index in [4.69, 9.17) is 5.73 Å². The Labute approximate surface area is 185 Å². The van der Waals surface area contributed by atoms with Crippen molar-refractivity contribution in [2.24, 2.45) is 11.7 Å². The number of hydrogen-bond donors (Lipinski definition) is 6. The van der Waals surface area contributed by atoms with Crippen molar-refractivity contribution >= 4 is 28.8 Å². The van der Waals surface area contributed by atoms with Crippen LogP contribution in [0.1, 0.15) is 52.9 Å². The number of unbranched alkanes of at least 4 members (excludes halogenated alkanes) is 1. The Hall–Kier alpha value is -1.82. The van der Waals surface area contributed by atoms with E-state index in [0.29, 0.717) is 38.8 Å². The normalized spacial score (nSPS) is 13.8. The Kier molecular flexibility index (Phi) is 15.0. The molecule has 3 amide bonds. The standard InChI is InChI=1S/C19H35N5O5.Co/c1-12(2)16(18(27)23-15(19(28)29)9-7-11-21-4)24-17(26)14(22-13(3)25)8-5-6-10-20;/h4,12,14-16,21H,5-11,20H2,1-3H3,(H,22,25)(H,23,27)(H,24,26)(H,28,29);/t14-,15+,16+;/m1./s1. The van der Waals surface area contributed by atoms with Crippen molar-refractivity contribution in [1.82, 2.24) is 21.3 Å². The molecule has 0 aromatic heterocycles. The molecule has 0 bridgehead atoms. The SMILES string of the molecule is CC(=O)N[C@H](CCCCN)C(=O)N[C@H](C(=O)N[C@@H](CCCN[CH]=[Co])C(=O)O)C(C)C. The number of nitrogens with one attached hydrogen (secondary N) is 4. The molecule has 0 aliphatic carbocycles. The number of carboxylic acids is 1. The van der Waals surface area contributed by atoms with Gasteiger partial charge in [-0.25, -0.2) is 0 Å². The molecule has 10 nitrogen and oxygen atoms in total. The fraction of sp³-hybridized carbons (Fsp3) is 0.737. The number of nitrogens with two attached hydrogens (primary N) is 1. The number of carbonyl (C=O) groups excluding carboxylic acids is 3. The van der Waals surface area contributed by atoms with Crippen molar-refractivity contribution in [1.29, 1.82) is 0 Å². The van der Waals surface area contributed by atoms with Gasteiger partial charge in [-0.05, 0) is 25.8 Å². The Morgan fingerprint density at radius 2 is 1.60 bits per heavy atom. The zero-order valence-electron chi connectivity index (χ0n) is 17.8. The third-order valence-corrected chi connectivity index (χ3v) is 4.60. The molecule has 11 heteroatoms. The van der Waals surface area contributed by atoms with E-state index in [1.807, 2.05) is 0 Å². The molecule has 0 aromatic carbocycles. The Morgan fingerprint density at radius 1 is 0.967 bits per heavy atom. The predicted molar refractivity (Wildman–Crippen MR) is 110 cm³/mol. The summed E-state index contributed by atoms with van der Waals surface area (Å²) in [5.74, 6) is -2.86. The zero-order chi connectivity index (χ0) is 23.1. The molecule has 0 saturated carbocycles. The van der Waals surface area contributed by atoms with E-state index in [0.717, 1.165) is 0 Å². The van der Waals surface area contributed by atoms with Crippen molar-refractivity contribution in [3.05, 3.63) is 0 Å². The molecule has 0 aliphatic heterocycles. The molecule has 0 fully saturated rings. The molecule has 0 saturated heterocycles. The van der Waals surface area contributed by atoms with Crippen LogP contribution < -0.4 is 27.0 Å². The predicted octanol–water partition coefficient (Wildman–Crippen LogP) is -0.993. The first-order valence-corrected chi connectivity index (χ1v) is 10.7. The molecule has 0 rings (SSSR count). The van der Waals surface area contributed by atoms with Crippen LogP contribution in [0.3, 0.4) is 0 Å². The van der Waals surface area contributed by atoms with E-state index < -0.39 is 35.9 Å². The van der Waals surface area contributed by atoms with Gasteiger partial charge in [0.05, 0.1) is 0 Å². The first-order chi connectivity index (χ1) is 14.1. The van der Waals surface area contributed by atoms with Crippen LogP contribution in [0.15, 0.2) is 0 Å². The van der Waals surface area contributed by atoms with Gasteiger partial charge in [-0.3, -0.25) is 4.79 Å². The maximum atomic E-state index is 12.7. The summed E-state index contributed by atoms with van der Waals surface area (Å²) in [6, 6.07) is -2.80. The fourth-order valence-electron chi connectivity index (χ4n) is 2.77. The quantitative estimate of drug-likeness (QED) is 0.157. The Morgan fingerprint density at radius 3 is 2.10 bits per heavy atom. The summed E-state index contributed by atoms with van der Waals surface area (Å²) in [5, 5.41) is 21.4. The number of aliphatic carboxylic acids is 1. The van der Waals surface area contributed by atoms with Crippen molar-refractivity contribution in [3.8, 4) is 0 Å². The molecule has 30 heavy (non-hydrogen) atoms. The zero-order valence-corrected chi connectivity index (χ0v) is 18.9. The Balaban J connectivity index is 5.09. The van der Waals surface area contributed by atoms with Crippen LogP contribution in [0.4, 0.5) is 0 Å². The van der Waals surface area contributed by atoms with Crippen LogP contribution in [-0.4, -0.2) is 65.1 Å². The third kappa shape index (κ3) is 12.0. The van der Waals surface area contributed by atoms with E-state index in [-0.39, 0.29) is 18.2 Å². The van der Waals surface area contributed by atoms with E-state index in [1.54, 1.807) is 13.8 Å². The topological polar surface area (TPSA) is 163 Å². The van der Waals surface area contributed by atoms with Gasteiger partial charge < -0.3 is 11.1 Å². The number of carboxylic acid groups (broad SMARTS) is 1. The minimum atomic E-state index is -1.15. The summed E-state index contributed by atoms with van der Waals surface area (Å²) in [6.07, 6.45) is 2.48. The van der Waals surface area contributed by atoms with Gasteiger partial charge in [0.15, 0.2) is 0 Å². The maximum absolute atomic E-state index is 12.7. The summed E-state index contributed by atoms with van der Waals surface area (Å²) in [5.41, 5.74) is 5.48. The fourth-order valence-corrected chi connectivity index (χ4v) is 2.92. The van der Waals surface area contributed by atoms with Crippen LogP contribution in [0.25, 0.3) is 0 Å². The number of amides is 3. The van der Waals surface area contributed by atoms with Crippen LogP contribution in [0.2, 0.25) is 0 Å². The molecule has 3 atom stereocenters. The molecule has 175 valence electrons. The second-order valence-corrected chi connectivity index (χ2v) is 7.66. The van der Waals surface area contributed by atoms with Crippen molar-refractivity contribution in [3.63, 3.8) is 0 Å². The molecule has 0 unspecified atom stereocenters. The van der Waals surface area contributed by atoms with Crippen LogP contribution in [-0.2, 0) is 34.5 Å². The molecular formula is C19H35CoN5O5. The molecule has 0 spiro atoms. The minimum absolute atomic E-state index is 0.223. The van der Waals surface area contributed by atoms with Crippen LogP contribution >= 0.6 is 0 Å². The average molecular weight is 472 g/mol. The molecule has 0 aromatic rings. The summed E-state index contributed by atoms with van der Waals surface area (Å²) in [4.78, 5) is 48.3.